The Labute approximate surface area is 119 Å². The van der Waals surface area contributed by atoms with Crippen molar-refractivity contribution >= 4 is 16.8 Å². The van der Waals surface area contributed by atoms with E-state index in [1.54, 1.807) is 4.90 Å². The van der Waals surface area contributed by atoms with Gasteiger partial charge in [0, 0.05) is 32.1 Å². The van der Waals surface area contributed by atoms with Crippen molar-refractivity contribution in [1.29, 1.82) is 0 Å². The lowest BCUT2D eigenvalue weighted by Crippen LogP contribution is -2.53. The third kappa shape index (κ3) is 2.39. The van der Waals surface area contributed by atoms with Crippen LogP contribution in [0.1, 0.15) is 12.6 Å². The summed E-state index contributed by atoms with van der Waals surface area (Å²) >= 11 is 0. The molecule has 104 valence electrons. The molecule has 2 heterocycles. The van der Waals surface area contributed by atoms with E-state index < -0.39 is 0 Å². The number of piperazine rings is 1. The van der Waals surface area contributed by atoms with Crippen LogP contribution in [0, 0.1) is 0 Å². The molecule has 4 heteroatoms. The maximum absolute atomic E-state index is 12.0. The molecule has 1 aliphatic rings. The monoisotopic (exact) mass is 269 g/mol. The summed E-state index contributed by atoms with van der Waals surface area (Å²) in [6.45, 7) is 4.39. The second kappa shape index (κ2) is 5.21. The molecule has 0 bridgehead atoms. The van der Waals surface area contributed by atoms with Crippen LogP contribution in [0.5, 0.6) is 0 Å². The summed E-state index contributed by atoms with van der Waals surface area (Å²) in [4.78, 5) is 20.7. The molecule has 1 fully saturated rings. The largest absolute Gasteiger partial charge is 0.343 e. The zero-order valence-electron chi connectivity index (χ0n) is 11.9. The number of aromatic nitrogens is 1. The van der Waals surface area contributed by atoms with Gasteiger partial charge in [-0.3, -0.25) is 14.7 Å². The SMILES string of the molecule is C[C@H]1C(=O)N(C)CCN1Cc1ccc2ccccc2n1. The first kappa shape index (κ1) is 13.1. The quantitative estimate of drug-likeness (QED) is 0.835. The van der Waals surface area contributed by atoms with Crippen LogP contribution in [-0.2, 0) is 11.3 Å². The molecule has 1 aromatic heterocycles. The topological polar surface area (TPSA) is 36.4 Å². The van der Waals surface area contributed by atoms with Crippen LogP contribution in [0.2, 0.25) is 0 Å². The van der Waals surface area contributed by atoms with E-state index in [1.165, 1.54) is 0 Å². The van der Waals surface area contributed by atoms with Gasteiger partial charge in [-0.1, -0.05) is 24.3 Å². The normalized spacial score (nSPS) is 20.6. The van der Waals surface area contributed by atoms with E-state index in [4.69, 9.17) is 0 Å². The average Bonchev–Trinajstić information content (AvgIpc) is 2.48. The van der Waals surface area contributed by atoms with Crippen LogP contribution < -0.4 is 0 Å². The van der Waals surface area contributed by atoms with E-state index in [0.717, 1.165) is 36.2 Å². The van der Waals surface area contributed by atoms with Gasteiger partial charge < -0.3 is 4.90 Å². The second-order valence-corrected chi connectivity index (χ2v) is 5.40. The van der Waals surface area contributed by atoms with Crippen molar-refractivity contribution in [3.8, 4) is 0 Å². The first-order valence-electron chi connectivity index (χ1n) is 6.99. The number of likely N-dealkylation sites (N-methyl/N-ethyl adjacent to an activating group) is 1. The Hall–Kier alpha value is -1.94. The highest BCUT2D eigenvalue weighted by atomic mass is 16.2. The molecule has 0 unspecified atom stereocenters. The van der Waals surface area contributed by atoms with E-state index in [9.17, 15) is 4.79 Å². The molecule has 4 nitrogen and oxygen atoms in total. The lowest BCUT2D eigenvalue weighted by Gasteiger charge is -2.37. The molecule has 1 atom stereocenters. The van der Waals surface area contributed by atoms with Crippen LogP contribution in [-0.4, -0.2) is 46.9 Å². The summed E-state index contributed by atoms with van der Waals surface area (Å²) in [5, 5.41) is 1.15. The Morgan fingerprint density at radius 2 is 2.00 bits per heavy atom. The number of hydrogen-bond donors (Lipinski definition) is 0. The van der Waals surface area contributed by atoms with Crippen LogP contribution in [0.25, 0.3) is 10.9 Å². The number of hydrogen-bond acceptors (Lipinski definition) is 3. The smallest absolute Gasteiger partial charge is 0.239 e. The third-order valence-electron chi connectivity index (χ3n) is 4.03. The van der Waals surface area contributed by atoms with Gasteiger partial charge in [0.25, 0.3) is 0 Å². The fourth-order valence-electron chi connectivity index (χ4n) is 2.68. The predicted octanol–water partition coefficient (Wildman–Crippen LogP) is 1.90. The van der Waals surface area contributed by atoms with Gasteiger partial charge in [-0.25, -0.2) is 0 Å². The lowest BCUT2D eigenvalue weighted by atomic mass is 10.1. The van der Waals surface area contributed by atoms with Gasteiger partial charge in [-0.05, 0) is 19.1 Å². The molecule has 0 saturated carbocycles. The maximum Gasteiger partial charge on any atom is 0.239 e. The fourth-order valence-corrected chi connectivity index (χ4v) is 2.68. The second-order valence-electron chi connectivity index (χ2n) is 5.40. The summed E-state index contributed by atoms with van der Waals surface area (Å²) in [6, 6.07) is 12.2. The molecule has 1 saturated heterocycles. The van der Waals surface area contributed by atoms with Gasteiger partial charge in [0.15, 0.2) is 0 Å². The van der Waals surface area contributed by atoms with Crippen LogP contribution in [0.3, 0.4) is 0 Å². The summed E-state index contributed by atoms with van der Waals surface area (Å²) < 4.78 is 0. The summed E-state index contributed by atoms with van der Waals surface area (Å²) in [7, 11) is 1.87. The van der Waals surface area contributed by atoms with Crippen LogP contribution >= 0.6 is 0 Å². The Kier molecular flexibility index (Phi) is 3.40. The molecule has 0 aliphatic carbocycles. The number of para-hydroxylation sites is 1. The summed E-state index contributed by atoms with van der Waals surface area (Å²) in [6.07, 6.45) is 0. The van der Waals surface area contributed by atoms with Crippen molar-refractivity contribution in [2.45, 2.75) is 19.5 Å². The molecular weight excluding hydrogens is 250 g/mol. The Bertz CT molecular complexity index is 640. The Morgan fingerprint density at radius 1 is 1.20 bits per heavy atom. The number of carbonyl (C=O) groups excluding carboxylic acids is 1. The Balaban J connectivity index is 1.80. The van der Waals surface area contributed by atoms with Crippen molar-refractivity contribution in [2.24, 2.45) is 0 Å². The minimum Gasteiger partial charge on any atom is -0.343 e. The highest BCUT2D eigenvalue weighted by Gasteiger charge is 2.29. The van der Waals surface area contributed by atoms with E-state index >= 15 is 0 Å². The number of amides is 1. The van der Waals surface area contributed by atoms with Crippen LogP contribution in [0.15, 0.2) is 36.4 Å². The molecule has 1 aromatic carbocycles. The predicted molar refractivity (Wildman–Crippen MR) is 79.3 cm³/mol. The number of pyridine rings is 1. The Morgan fingerprint density at radius 3 is 2.85 bits per heavy atom. The van der Waals surface area contributed by atoms with E-state index in [0.29, 0.717) is 0 Å². The van der Waals surface area contributed by atoms with E-state index in [1.807, 2.05) is 32.2 Å². The van der Waals surface area contributed by atoms with Gasteiger partial charge in [0.05, 0.1) is 17.3 Å². The first-order valence-corrected chi connectivity index (χ1v) is 6.99. The van der Waals surface area contributed by atoms with Gasteiger partial charge >= 0.3 is 0 Å². The van der Waals surface area contributed by atoms with Crippen LogP contribution in [0.4, 0.5) is 0 Å². The zero-order valence-corrected chi connectivity index (χ0v) is 11.9. The number of benzene rings is 1. The average molecular weight is 269 g/mol. The first-order chi connectivity index (χ1) is 9.65. The summed E-state index contributed by atoms with van der Waals surface area (Å²) in [5.41, 5.74) is 2.03. The van der Waals surface area contributed by atoms with Crippen molar-refractivity contribution in [3.05, 3.63) is 42.1 Å². The van der Waals surface area contributed by atoms with Gasteiger partial charge in [-0.2, -0.15) is 0 Å². The van der Waals surface area contributed by atoms with Gasteiger partial charge in [0.1, 0.15) is 0 Å². The molecule has 20 heavy (non-hydrogen) atoms. The number of fused-ring (bicyclic) bond motifs is 1. The van der Waals surface area contributed by atoms with Crippen molar-refractivity contribution in [3.63, 3.8) is 0 Å². The number of carbonyl (C=O) groups is 1. The molecule has 3 rings (SSSR count). The van der Waals surface area contributed by atoms with Gasteiger partial charge in [-0.15, -0.1) is 0 Å². The molecule has 2 aromatic rings. The van der Waals surface area contributed by atoms with Crippen molar-refractivity contribution in [1.82, 2.24) is 14.8 Å². The highest BCUT2D eigenvalue weighted by molar-refractivity contribution is 5.82. The number of rotatable bonds is 2. The molecular formula is C16H19N3O. The maximum atomic E-state index is 12.0. The minimum absolute atomic E-state index is 0.0676. The third-order valence-corrected chi connectivity index (χ3v) is 4.03. The van der Waals surface area contributed by atoms with E-state index in [2.05, 4.69) is 28.1 Å². The molecule has 1 amide bonds. The fraction of sp³-hybridized carbons (Fsp3) is 0.375. The van der Waals surface area contributed by atoms with Crippen molar-refractivity contribution < 1.29 is 4.79 Å². The number of nitrogens with zero attached hydrogens (tertiary/aromatic N) is 3. The van der Waals surface area contributed by atoms with Crippen molar-refractivity contribution in [2.75, 3.05) is 20.1 Å². The summed E-state index contributed by atoms with van der Waals surface area (Å²) in [5.74, 6) is 0.192. The standard InChI is InChI=1S/C16H19N3O/c1-12-16(20)18(2)9-10-19(12)11-14-8-7-13-5-3-4-6-15(13)17-14/h3-8,12H,9-11H2,1-2H3/t12-/m0/s1. The zero-order chi connectivity index (χ0) is 14.1. The molecule has 0 spiro atoms. The molecule has 1 aliphatic heterocycles. The van der Waals surface area contributed by atoms with E-state index in [-0.39, 0.29) is 11.9 Å². The minimum atomic E-state index is -0.0676. The molecule has 0 radical (unpaired) electrons. The highest BCUT2D eigenvalue weighted by Crippen LogP contribution is 2.16. The van der Waals surface area contributed by atoms with Gasteiger partial charge in [0.2, 0.25) is 5.91 Å². The molecule has 0 N–H and O–H groups in total. The lowest BCUT2D eigenvalue weighted by molar-refractivity contribution is -0.139.